The second-order valence-electron chi connectivity index (χ2n) is 6.31. The molecule has 0 bridgehead atoms. The van der Waals surface area contributed by atoms with Crippen LogP contribution in [0.5, 0.6) is 5.75 Å². The lowest BCUT2D eigenvalue weighted by molar-refractivity contribution is -0.118. The SMILES string of the molecule is COC(=O)c1c(NC(=O)COc2ccccc2Cl)sc2c1CCC(C)C2. The minimum absolute atomic E-state index is 0.191. The van der Waals surface area contributed by atoms with Gasteiger partial charge in [-0.25, -0.2) is 4.79 Å². The number of rotatable bonds is 5. The highest BCUT2D eigenvalue weighted by Crippen LogP contribution is 2.40. The van der Waals surface area contributed by atoms with Crippen molar-refractivity contribution in [2.24, 2.45) is 5.92 Å². The molecule has 1 heterocycles. The maximum absolute atomic E-state index is 12.3. The molecular weight excluding hydrogens is 374 g/mol. The molecule has 5 nitrogen and oxygen atoms in total. The number of fused-ring (bicyclic) bond motifs is 1. The van der Waals surface area contributed by atoms with Crippen LogP contribution in [0.4, 0.5) is 5.00 Å². The summed E-state index contributed by atoms with van der Waals surface area (Å²) in [6, 6.07) is 6.96. The monoisotopic (exact) mass is 393 g/mol. The third-order valence-corrected chi connectivity index (χ3v) is 5.83. The summed E-state index contributed by atoms with van der Waals surface area (Å²) in [5.74, 6) is 0.247. The van der Waals surface area contributed by atoms with Gasteiger partial charge in [-0.3, -0.25) is 4.79 Å². The molecule has 7 heteroatoms. The summed E-state index contributed by atoms with van der Waals surface area (Å²) in [5.41, 5.74) is 1.48. The van der Waals surface area contributed by atoms with Gasteiger partial charge in [-0.15, -0.1) is 11.3 Å². The summed E-state index contributed by atoms with van der Waals surface area (Å²) in [6.45, 7) is 2.00. The highest BCUT2D eigenvalue weighted by atomic mass is 35.5. The second kappa shape index (κ2) is 8.10. The summed E-state index contributed by atoms with van der Waals surface area (Å²) in [7, 11) is 1.35. The van der Waals surface area contributed by atoms with Crippen molar-refractivity contribution < 1.29 is 19.1 Å². The lowest BCUT2D eigenvalue weighted by atomic mass is 9.88. The Morgan fingerprint density at radius 3 is 2.85 bits per heavy atom. The molecule has 1 amide bonds. The minimum Gasteiger partial charge on any atom is -0.482 e. The first-order valence-corrected chi connectivity index (χ1v) is 9.59. The van der Waals surface area contributed by atoms with Crippen LogP contribution >= 0.6 is 22.9 Å². The van der Waals surface area contributed by atoms with Gasteiger partial charge in [-0.2, -0.15) is 0 Å². The van der Waals surface area contributed by atoms with E-state index in [1.165, 1.54) is 18.4 Å². The van der Waals surface area contributed by atoms with E-state index in [1.54, 1.807) is 24.3 Å². The van der Waals surface area contributed by atoms with Crippen LogP contribution in [0.3, 0.4) is 0 Å². The molecule has 1 unspecified atom stereocenters. The van der Waals surface area contributed by atoms with Crippen LogP contribution in [0.25, 0.3) is 0 Å². The van der Waals surface area contributed by atoms with Crippen molar-refractivity contribution in [1.82, 2.24) is 0 Å². The Balaban J connectivity index is 1.75. The normalized spacial score (nSPS) is 15.9. The molecule has 0 spiro atoms. The fraction of sp³-hybridized carbons (Fsp3) is 0.368. The van der Waals surface area contributed by atoms with Gasteiger partial charge in [0.1, 0.15) is 10.8 Å². The smallest absolute Gasteiger partial charge is 0.341 e. The Bertz CT molecular complexity index is 833. The Morgan fingerprint density at radius 1 is 1.35 bits per heavy atom. The zero-order valence-corrected chi connectivity index (χ0v) is 16.2. The lowest BCUT2D eigenvalue weighted by Gasteiger charge is -2.18. The second-order valence-corrected chi connectivity index (χ2v) is 7.83. The van der Waals surface area contributed by atoms with Crippen molar-refractivity contribution in [2.45, 2.75) is 26.2 Å². The number of anilines is 1. The van der Waals surface area contributed by atoms with Crippen LogP contribution in [-0.4, -0.2) is 25.6 Å². The Labute approximate surface area is 161 Å². The van der Waals surface area contributed by atoms with Crippen LogP contribution in [0, 0.1) is 5.92 Å². The molecule has 1 aromatic heterocycles. The molecule has 1 aliphatic carbocycles. The molecule has 2 aromatic rings. The highest BCUT2D eigenvalue weighted by molar-refractivity contribution is 7.17. The maximum atomic E-state index is 12.3. The summed E-state index contributed by atoms with van der Waals surface area (Å²) in [4.78, 5) is 25.7. The zero-order chi connectivity index (χ0) is 18.7. The van der Waals surface area contributed by atoms with E-state index in [1.807, 2.05) is 0 Å². The van der Waals surface area contributed by atoms with E-state index in [0.717, 1.165) is 29.7 Å². The Hall–Kier alpha value is -2.05. The van der Waals surface area contributed by atoms with E-state index in [9.17, 15) is 9.59 Å². The van der Waals surface area contributed by atoms with Crippen molar-refractivity contribution >= 4 is 39.8 Å². The standard InChI is InChI=1S/C19H20ClNO4S/c1-11-7-8-12-15(9-11)26-18(17(12)19(23)24-2)21-16(22)10-25-14-6-4-3-5-13(14)20/h3-6,11H,7-10H2,1-2H3,(H,21,22). The first-order chi connectivity index (χ1) is 12.5. The van der Waals surface area contributed by atoms with Gasteiger partial charge in [0.15, 0.2) is 6.61 Å². The van der Waals surface area contributed by atoms with Gasteiger partial charge >= 0.3 is 5.97 Å². The molecule has 1 aliphatic rings. The fourth-order valence-electron chi connectivity index (χ4n) is 3.02. The van der Waals surface area contributed by atoms with Gasteiger partial charge in [0.25, 0.3) is 5.91 Å². The van der Waals surface area contributed by atoms with Gasteiger partial charge in [-0.1, -0.05) is 30.7 Å². The number of halogens is 1. The van der Waals surface area contributed by atoms with Crippen molar-refractivity contribution in [3.63, 3.8) is 0 Å². The third-order valence-electron chi connectivity index (χ3n) is 4.35. The van der Waals surface area contributed by atoms with Gasteiger partial charge in [0, 0.05) is 4.88 Å². The molecule has 26 heavy (non-hydrogen) atoms. The number of amides is 1. The first kappa shape index (κ1) is 18.7. The number of ether oxygens (including phenoxy) is 2. The van der Waals surface area contributed by atoms with E-state index < -0.39 is 5.97 Å². The van der Waals surface area contributed by atoms with Crippen LogP contribution in [0.15, 0.2) is 24.3 Å². The van der Waals surface area contributed by atoms with Gasteiger partial charge in [0.2, 0.25) is 0 Å². The lowest BCUT2D eigenvalue weighted by Crippen LogP contribution is -2.21. The molecule has 1 N–H and O–H groups in total. The van der Waals surface area contributed by atoms with E-state index >= 15 is 0 Å². The van der Waals surface area contributed by atoms with Crippen LogP contribution in [0.2, 0.25) is 5.02 Å². The van der Waals surface area contributed by atoms with Crippen molar-refractivity contribution in [3.8, 4) is 5.75 Å². The van der Waals surface area contributed by atoms with Crippen molar-refractivity contribution in [2.75, 3.05) is 19.0 Å². The minimum atomic E-state index is -0.417. The topological polar surface area (TPSA) is 64.6 Å². The van der Waals surface area contributed by atoms with Crippen molar-refractivity contribution in [3.05, 3.63) is 45.3 Å². The molecule has 0 fully saturated rings. The molecule has 0 radical (unpaired) electrons. The number of carbonyl (C=O) groups excluding carboxylic acids is 2. The summed E-state index contributed by atoms with van der Waals surface area (Å²) in [6.07, 6.45) is 2.76. The molecule has 1 atom stereocenters. The van der Waals surface area contributed by atoms with E-state index in [-0.39, 0.29) is 12.5 Å². The number of hydrogen-bond donors (Lipinski definition) is 1. The predicted molar refractivity (Wildman–Crippen MR) is 102 cm³/mol. The van der Waals surface area contributed by atoms with E-state index in [4.69, 9.17) is 21.1 Å². The van der Waals surface area contributed by atoms with Gasteiger partial charge in [0.05, 0.1) is 17.7 Å². The Kier molecular flexibility index (Phi) is 5.84. The predicted octanol–water partition coefficient (Wildman–Crippen LogP) is 4.33. The van der Waals surface area contributed by atoms with Crippen molar-refractivity contribution in [1.29, 1.82) is 0 Å². The third kappa shape index (κ3) is 4.02. The number of nitrogens with one attached hydrogen (secondary N) is 1. The van der Waals surface area contributed by atoms with Crippen LogP contribution < -0.4 is 10.1 Å². The molecule has 138 valence electrons. The summed E-state index contributed by atoms with van der Waals surface area (Å²) in [5, 5.41) is 3.77. The number of carbonyl (C=O) groups is 2. The number of hydrogen-bond acceptors (Lipinski definition) is 5. The number of benzene rings is 1. The zero-order valence-electron chi connectivity index (χ0n) is 14.6. The molecule has 3 rings (SSSR count). The molecule has 0 saturated heterocycles. The largest absolute Gasteiger partial charge is 0.482 e. The number of thiophene rings is 1. The van der Waals surface area contributed by atoms with Gasteiger partial charge < -0.3 is 14.8 Å². The van der Waals surface area contributed by atoms with E-state index in [0.29, 0.717) is 27.3 Å². The molecule has 1 aromatic carbocycles. The quantitative estimate of drug-likeness (QED) is 0.768. The van der Waals surface area contributed by atoms with E-state index in [2.05, 4.69) is 12.2 Å². The average Bonchev–Trinajstić information content (AvgIpc) is 2.97. The molecule has 0 aliphatic heterocycles. The average molecular weight is 394 g/mol. The number of esters is 1. The number of methoxy groups -OCH3 is 1. The van der Waals surface area contributed by atoms with Crippen LogP contribution in [-0.2, 0) is 22.4 Å². The fourth-order valence-corrected chi connectivity index (χ4v) is 4.63. The number of para-hydroxylation sites is 1. The Morgan fingerprint density at radius 2 is 2.12 bits per heavy atom. The van der Waals surface area contributed by atoms with Gasteiger partial charge in [-0.05, 0) is 42.9 Å². The highest BCUT2D eigenvalue weighted by Gasteiger charge is 2.28. The maximum Gasteiger partial charge on any atom is 0.341 e. The summed E-state index contributed by atoms with van der Waals surface area (Å²) >= 11 is 7.47. The molecular formula is C19H20ClNO4S. The summed E-state index contributed by atoms with van der Waals surface area (Å²) < 4.78 is 10.4. The molecule has 0 saturated carbocycles. The van der Waals surface area contributed by atoms with Crippen LogP contribution in [0.1, 0.15) is 34.1 Å². The first-order valence-electron chi connectivity index (χ1n) is 8.39.